The van der Waals surface area contributed by atoms with Crippen LogP contribution in [0.4, 0.5) is 0 Å². The summed E-state index contributed by atoms with van der Waals surface area (Å²) < 4.78 is 11.5. The van der Waals surface area contributed by atoms with Gasteiger partial charge in [0, 0.05) is 18.3 Å². The van der Waals surface area contributed by atoms with Crippen molar-refractivity contribution in [3.8, 4) is 11.6 Å². The fourth-order valence-corrected chi connectivity index (χ4v) is 2.93. The fraction of sp³-hybridized carbons (Fsp3) is 0.421. The van der Waals surface area contributed by atoms with Gasteiger partial charge in [-0.05, 0) is 38.8 Å². The van der Waals surface area contributed by atoms with E-state index in [9.17, 15) is 4.79 Å². The third-order valence-electron chi connectivity index (χ3n) is 4.07. The molecule has 1 aliphatic rings. The van der Waals surface area contributed by atoms with Gasteiger partial charge in [-0.2, -0.15) is 4.98 Å². The standard InChI is InChI=1S/C19H23N3O3/c1-14-11-18(21-15(2)20-14)25-17-9-6-10-22(12-17)19(23)13-24-16-7-4-3-5-8-16/h3-5,7-8,11,17H,6,9-10,12-13H2,1-2H3. The minimum absolute atomic E-state index is 0.0211. The number of para-hydroxylation sites is 1. The highest BCUT2D eigenvalue weighted by Crippen LogP contribution is 2.18. The number of hydrogen-bond acceptors (Lipinski definition) is 5. The van der Waals surface area contributed by atoms with Gasteiger partial charge in [-0.15, -0.1) is 0 Å². The summed E-state index contributed by atoms with van der Waals surface area (Å²) in [5, 5.41) is 0. The smallest absolute Gasteiger partial charge is 0.260 e. The van der Waals surface area contributed by atoms with Crippen LogP contribution in [0.1, 0.15) is 24.4 Å². The number of benzene rings is 1. The van der Waals surface area contributed by atoms with E-state index in [2.05, 4.69) is 9.97 Å². The van der Waals surface area contributed by atoms with Crippen molar-refractivity contribution in [2.24, 2.45) is 0 Å². The van der Waals surface area contributed by atoms with Crippen LogP contribution < -0.4 is 9.47 Å². The third kappa shape index (κ3) is 4.92. The average molecular weight is 341 g/mol. The first kappa shape index (κ1) is 17.2. The molecule has 0 N–H and O–H groups in total. The molecule has 1 saturated heterocycles. The van der Waals surface area contributed by atoms with Crippen molar-refractivity contribution in [3.05, 3.63) is 47.9 Å². The molecule has 1 unspecified atom stereocenters. The van der Waals surface area contributed by atoms with Gasteiger partial charge < -0.3 is 14.4 Å². The van der Waals surface area contributed by atoms with Crippen molar-refractivity contribution in [2.45, 2.75) is 32.8 Å². The molecule has 1 aromatic carbocycles. The summed E-state index contributed by atoms with van der Waals surface area (Å²) in [6.07, 6.45) is 1.76. The lowest BCUT2D eigenvalue weighted by Gasteiger charge is -2.32. The second-order valence-corrected chi connectivity index (χ2v) is 6.22. The summed E-state index contributed by atoms with van der Waals surface area (Å²) in [6, 6.07) is 11.2. The lowest BCUT2D eigenvalue weighted by Crippen LogP contribution is -2.46. The van der Waals surface area contributed by atoms with Crippen LogP contribution in [0.25, 0.3) is 0 Å². The van der Waals surface area contributed by atoms with Gasteiger partial charge in [-0.25, -0.2) is 4.98 Å². The number of aryl methyl sites for hydroxylation is 2. The Hall–Kier alpha value is -2.63. The predicted octanol–water partition coefficient (Wildman–Crippen LogP) is 2.54. The van der Waals surface area contributed by atoms with Gasteiger partial charge in [0.25, 0.3) is 5.91 Å². The van der Waals surface area contributed by atoms with E-state index in [1.54, 1.807) is 4.90 Å². The molecule has 0 aliphatic carbocycles. The van der Waals surface area contributed by atoms with Crippen molar-refractivity contribution in [1.82, 2.24) is 14.9 Å². The first-order valence-electron chi connectivity index (χ1n) is 8.55. The largest absolute Gasteiger partial charge is 0.484 e. The molecule has 6 heteroatoms. The summed E-state index contributed by atoms with van der Waals surface area (Å²) in [7, 11) is 0. The van der Waals surface area contributed by atoms with E-state index in [0.29, 0.717) is 24.0 Å². The maximum absolute atomic E-state index is 12.4. The summed E-state index contributed by atoms with van der Waals surface area (Å²) in [6.45, 7) is 5.09. The van der Waals surface area contributed by atoms with Gasteiger partial charge in [0.05, 0.1) is 6.54 Å². The Morgan fingerprint density at radius 3 is 2.80 bits per heavy atom. The molecule has 1 amide bonds. The fourth-order valence-electron chi connectivity index (χ4n) is 2.93. The zero-order valence-corrected chi connectivity index (χ0v) is 14.6. The van der Waals surface area contributed by atoms with E-state index < -0.39 is 0 Å². The van der Waals surface area contributed by atoms with Crippen molar-refractivity contribution >= 4 is 5.91 Å². The molecule has 0 bridgehead atoms. The molecule has 132 valence electrons. The molecule has 1 fully saturated rings. The van der Waals surface area contributed by atoms with Crippen molar-refractivity contribution in [1.29, 1.82) is 0 Å². The number of rotatable bonds is 5. The summed E-state index contributed by atoms with van der Waals surface area (Å²) >= 11 is 0. The van der Waals surface area contributed by atoms with E-state index in [0.717, 1.165) is 25.1 Å². The van der Waals surface area contributed by atoms with E-state index in [1.165, 1.54) is 0 Å². The zero-order valence-electron chi connectivity index (χ0n) is 14.6. The Morgan fingerprint density at radius 2 is 2.04 bits per heavy atom. The SMILES string of the molecule is Cc1cc(OC2CCCN(C(=O)COc3ccccc3)C2)nc(C)n1. The number of nitrogens with zero attached hydrogens (tertiary/aromatic N) is 3. The van der Waals surface area contributed by atoms with Crippen molar-refractivity contribution in [3.63, 3.8) is 0 Å². The number of aromatic nitrogens is 2. The first-order valence-corrected chi connectivity index (χ1v) is 8.55. The van der Waals surface area contributed by atoms with Crippen LogP contribution in [-0.4, -0.2) is 46.6 Å². The van der Waals surface area contributed by atoms with Crippen LogP contribution in [0.2, 0.25) is 0 Å². The van der Waals surface area contributed by atoms with Crippen molar-refractivity contribution < 1.29 is 14.3 Å². The molecule has 2 heterocycles. The van der Waals surface area contributed by atoms with Gasteiger partial charge >= 0.3 is 0 Å². The molecule has 1 aliphatic heterocycles. The highest BCUT2D eigenvalue weighted by Gasteiger charge is 2.25. The molecular weight excluding hydrogens is 318 g/mol. The Morgan fingerprint density at radius 1 is 1.24 bits per heavy atom. The molecule has 2 aromatic rings. The molecule has 1 atom stereocenters. The Kier molecular flexibility index (Phi) is 5.48. The minimum Gasteiger partial charge on any atom is -0.484 e. The molecule has 6 nitrogen and oxygen atoms in total. The normalized spacial score (nSPS) is 17.2. The molecule has 3 rings (SSSR count). The minimum atomic E-state index is -0.0527. The topological polar surface area (TPSA) is 64.5 Å². The number of ether oxygens (including phenoxy) is 2. The Labute approximate surface area is 147 Å². The van der Waals surface area contributed by atoms with Gasteiger partial charge in [-0.3, -0.25) is 4.79 Å². The van der Waals surface area contributed by atoms with Gasteiger partial charge in [0.2, 0.25) is 5.88 Å². The maximum atomic E-state index is 12.4. The number of piperidine rings is 1. The first-order chi connectivity index (χ1) is 12.1. The van der Waals surface area contributed by atoms with E-state index in [4.69, 9.17) is 9.47 Å². The number of likely N-dealkylation sites (tertiary alicyclic amines) is 1. The summed E-state index contributed by atoms with van der Waals surface area (Å²) in [4.78, 5) is 22.8. The Balaban J connectivity index is 1.54. The molecule has 0 spiro atoms. The summed E-state index contributed by atoms with van der Waals surface area (Å²) in [5.74, 6) is 1.94. The quantitative estimate of drug-likeness (QED) is 0.836. The number of hydrogen-bond donors (Lipinski definition) is 0. The molecular formula is C19H23N3O3. The van der Waals surface area contributed by atoms with Crippen LogP contribution in [0.3, 0.4) is 0 Å². The van der Waals surface area contributed by atoms with Gasteiger partial charge in [0.15, 0.2) is 6.61 Å². The number of carbonyl (C=O) groups is 1. The monoisotopic (exact) mass is 341 g/mol. The summed E-state index contributed by atoms with van der Waals surface area (Å²) in [5.41, 5.74) is 0.877. The van der Waals surface area contributed by atoms with Crippen LogP contribution in [0, 0.1) is 13.8 Å². The van der Waals surface area contributed by atoms with Gasteiger partial charge in [-0.1, -0.05) is 18.2 Å². The third-order valence-corrected chi connectivity index (χ3v) is 4.07. The molecule has 0 saturated carbocycles. The van der Waals surface area contributed by atoms with Crippen LogP contribution in [0.15, 0.2) is 36.4 Å². The van der Waals surface area contributed by atoms with Crippen LogP contribution in [0.5, 0.6) is 11.6 Å². The highest BCUT2D eigenvalue weighted by molar-refractivity contribution is 5.77. The second kappa shape index (κ2) is 7.96. The Bertz CT molecular complexity index is 701. The predicted molar refractivity (Wildman–Crippen MR) is 93.7 cm³/mol. The molecule has 25 heavy (non-hydrogen) atoms. The van der Waals surface area contributed by atoms with E-state index in [-0.39, 0.29) is 18.6 Å². The van der Waals surface area contributed by atoms with E-state index in [1.807, 2.05) is 50.2 Å². The molecule has 0 radical (unpaired) electrons. The second-order valence-electron chi connectivity index (χ2n) is 6.22. The zero-order chi connectivity index (χ0) is 17.6. The van der Waals surface area contributed by atoms with Crippen LogP contribution in [-0.2, 0) is 4.79 Å². The highest BCUT2D eigenvalue weighted by atomic mass is 16.5. The van der Waals surface area contributed by atoms with Crippen molar-refractivity contribution in [2.75, 3.05) is 19.7 Å². The lowest BCUT2D eigenvalue weighted by atomic mass is 10.1. The lowest BCUT2D eigenvalue weighted by molar-refractivity contribution is -0.136. The number of amides is 1. The van der Waals surface area contributed by atoms with E-state index >= 15 is 0 Å². The molecule has 1 aromatic heterocycles. The average Bonchev–Trinajstić information content (AvgIpc) is 2.60. The van der Waals surface area contributed by atoms with Crippen LogP contribution >= 0.6 is 0 Å². The number of carbonyl (C=O) groups excluding carboxylic acids is 1. The maximum Gasteiger partial charge on any atom is 0.260 e. The van der Waals surface area contributed by atoms with Gasteiger partial charge in [0.1, 0.15) is 17.7 Å².